The van der Waals surface area contributed by atoms with Crippen molar-refractivity contribution in [1.29, 1.82) is 0 Å². The molecule has 2 heterocycles. The number of aromatic nitrogens is 1. The molecule has 1 aliphatic heterocycles. The number of amides is 1. The highest BCUT2D eigenvalue weighted by Gasteiger charge is 2.41. The molecule has 0 saturated heterocycles. The van der Waals surface area contributed by atoms with E-state index in [1.54, 1.807) is 43.6 Å². The van der Waals surface area contributed by atoms with E-state index >= 15 is 0 Å². The van der Waals surface area contributed by atoms with Crippen molar-refractivity contribution in [3.8, 4) is 17.2 Å². The molecular weight excluding hydrogens is 384 g/mol. The Bertz CT molecular complexity index is 1020. The van der Waals surface area contributed by atoms with Crippen LogP contribution >= 0.6 is 0 Å². The SMILES string of the molecule is COc1ccc(C2CC(=O)N(c3cccnc3)C3=C2C(=O)CCC3)c(OC)c1OC. The van der Waals surface area contributed by atoms with Gasteiger partial charge in [-0.2, -0.15) is 0 Å². The molecule has 1 unspecified atom stereocenters. The van der Waals surface area contributed by atoms with Crippen molar-refractivity contribution in [2.75, 3.05) is 26.2 Å². The van der Waals surface area contributed by atoms with Gasteiger partial charge >= 0.3 is 0 Å². The minimum Gasteiger partial charge on any atom is -0.493 e. The third kappa shape index (κ3) is 3.20. The largest absolute Gasteiger partial charge is 0.493 e. The summed E-state index contributed by atoms with van der Waals surface area (Å²) >= 11 is 0. The number of carbonyl (C=O) groups is 2. The van der Waals surface area contributed by atoms with Crippen LogP contribution in [0.3, 0.4) is 0 Å². The number of ether oxygens (including phenoxy) is 3. The molecule has 0 spiro atoms. The van der Waals surface area contributed by atoms with Gasteiger partial charge < -0.3 is 14.2 Å². The first-order valence-corrected chi connectivity index (χ1v) is 9.88. The Balaban J connectivity index is 1.90. The summed E-state index contributed by atoms with van der Waals surface area (Å²) in [6.45, 7) is 0. The Morgan fingerprint density at radius 3 is 2.47 bits per heavy atom. The summed E-state index contributed by atoms with van der Waals surface area (Å²) in [6, 6.07) is 7.26. The number of pyridine rings is 1. The van der Waals surface area contributed by atoms with Crippen LogP contribution in [0.4, 0.5) is 5.69 Å². The normalized spacial score (nSPS) is 18.9. The summed E-state index contributed by atoms with van der Waals surface area (Å²) < 4.78 is 16.5. The Morgan fingerprint density at radius 1 is 1.00 bits per heavy atom. The first-order chi connectivity index (χ1) is 14.6. The van der Waals surface area contributed by atoms with Crippen molar-refractivity contribution in [2.45, 2.75) is 31.6 Å². The standard InChI is InChI=1S/C23H24N2O5/c1-28-19-10-9-15(22(29-2)23(19)30-3)16-12-20(27)25(14-6-5-11-24-13-14)17-7-4-8-18(26)21(16)17/h5-6,9-11,13,16H,4,7-8,12H2,1-3H3. The molecule has 0 bridgehead atoms. The molecule has 0 radical (unpaired) electrons. The smallest absolute Gasteiger partial charge is 0.232 e. The van der Waals surface area contributed by atoms with Gasteiger partial charge in [0.05, 0.1) is 33.2 Å². The number of allylic oxidation sites excluding steroid dienone is 2. The van der Waals surface area contributed by atoms with E-state index < -0.39 is 5.92 Å². The van der Waals surface area contributed by atoms with Crippen LogP contribution in [0.1, 0.15) is 37.2 Å². The lowest BCUT2D eigenvalue weighted by Crippen LogP contribution is -2.40. The number of carbonyl (C=O) groups excluding carboxylic acids is 2. The van der Waals surface area contributed by atoms with Crippen LogP contribution in [-0.2, 0) is 9.59 Å². The van der Waals surface area contributed by atoms with Crippen molar-refractivity contribution in [1.82, 2.24) is 4.98 Å². The van der Waals surface area contributed by atoms with Crippen molar-refractivity contribution < 1.29 is 23.8 Å². The molecule has 0 N–H and O–H groups in total. The number of hydrogen-bond donors (Lipinski definition) is 0. The van der Waals surface area contributed by atoms with Crippen molar-refractivity contribution in [3.63, 3.8) is 0 Å². The van der Waals surface area contributed by atoms with Crippen LogP contribution < -0.4 is 19.1 Å². The number of anilines is 1. The third-order valence-corrected chi connectivity index (χ3v) is 5.69. The van der Waals surface area contributed by atoms with Crippen LogP contribution in [-0.4, -0.2) is 38.0 Å². The molecule has 0 fully saturated rings. The van der Waals surface area contributed by atoms with Gasteiger partial charge in [0.25, 0.3) is 0 Å². The number of ketones is 1. The van der Waals surface area contributed by atoms with E-state index in [4.69, 9.17) is 14.2 Å². The van der Waals surface area contributed by atoms with Gasteiger partial charge in [0.2, 0.25) is 11.7 Å². The maximum Gasteiger partial charge on any atom is 0.232 e. The molecule has 156 valence electrons. The third-order valence-electron chi connectivity index (χ3n) is 5.69. The highest BCUT2D eigenvalue weighted by atomic mass is 16.5. The van der Waals surface area contributed by atoms with E-state index in [1.807, 2.05) is 12.1 Å². The fourth-order valence-electron chi connectivity index (χ4n) is 4.44. The van der Waals surface area contributed by atoms with Gasteiger partial charge in [0, 0.05) is 41.8 Å². The average Bonchev–Trinajstić information content (AvgIpc) is 2.78. The highest BCUT2D eigenvalue weighted by molar-refractivity contribution is 6.07. The van der Waals surface area contributed by atoms with Crippen LogP contribution in [0, 0.1) is 0 Å². The van der Waals surface area contributed by atoms with Gasteiger partial charge in [-0.3, -0.25) is 19.5 Å². The zero-order valence-electron chi connectivity index (χ0n) is 17.3. The van der Waals surface area contributed by atoms with E-state index in [-0.39, 0.29) is 18.1 Å². The fraction of sp³-hybridized carbons (Fsp3) is 0.348. The van der Waals surface area contributed by atoms with Crippen LogP contribution in [0.25, 0.3) is 0 Å². The van der Waals surface area contributed by atoms with Gasteiger partial charge in [0.15, 0.2) is 17.3 Å². The van der Waals surface area contributed by atoms with Gasteiger partial charge in [-0.15, -0.1) is 0 Å². The molecule has 0 saturated carbocycles. The lowest BCUT2D eigenvalue weighted by molar-refractivity contribution is -0.119. The molecule has 1 amide bonds. The lowest BCUT2D eigenvalue weighted by atomic mass is 9.76. The second-order valence-electron chi connectivity index (χ2n) is 7.26. The van der Waals surface area contributed by atoms with Crippen LogP contribution in [0.2, 0.25) is 0 Å². The zero-order chi connectivity index (χ0) is 21.3. The molecular formula is C23H24N2O5. The number of Topliss-reactive ketones (excluding diaryl/α,β-unsaturated/α-hetero) is 1. The van der Waals surface area contributed by atoms with E-state index in [9.17, 15) is 9.59 Å². The molecule has 1 aromatic carbocycles. The minimum atomic E-state index is -0.400. The first-order valence-electron chi connectivity index (χ1n) is 9.88. The number of rotatable bonds is 5. The van der Waals surface area contributed by atoms with Crippen molar-refractivity contribution in [2.24, 2.45) is 0 Å². The van der Waals surface area contributed by atoms with Crippen molar-refractivity contribution in [3.05, 3.63) is 53.5 Å². The molecule has 4 rings (SSSR count). The number of methoxy groups -OCH3 is 3. The number of benzene rings is 1. The van der Waals surface area contributed by atoms with Gasteiger partial charge in [-0.25, -0.2) is 0 Å². The molecule has 30 heavy (non-hydrogen) atoms. The number of hydrogen-bond acceptors (Lipinski definition) is 6. The molecule has 2 aliphatic rings. The van der Waals surface area contributed by atoms with E-state index in [0.29, 0.717) is 41.4 Å². The number of nitrogens with zero attached hydrogens (tertiary/aromatic N) is 2. The quantitative estimate of drug-likeness (QED) is 0.752. The fourth-order valence-corrected chi connectivity index (χ4v) is 4.44. The predicted octanol–water partition coefficient (Wildman–Crippen LogP) is 3.64. The maximum absolute atomic E-state index is 13.3. The maximum atomic E-state index is 13.3. The summed E-state index contributed by atoms with van der Waals surface area (Å²) in [5.74, 6) is 1.06. The summed E-state index contributed by atoms with van der Waals surface area (Å²) in [6.07, 6.45) is 5.33. The Kier molecular flexibility index (Phi) is 5.44. The van der Waals surface area contributed by atoms with Gasteiger partial charge in [0.1, 0.15) is 0 Å². The first kappa shape index (κ1) is 19.9. The predicted molar refractivity (Wildman–Crippen MR) is 111 cm³/mol. The zero-order valence-corrected chi connectivity index (χ0v) is 17.3. The molecule has 7 nitrogen and oxygen atoms in total. The molecule has 1 aliphatic carbocycles. The second kappa shape index (κ2) is 8.18. The van der Waals surface area contributed by atoms with E-state index in [0.717, 1.165) is 17.7 Å². The topological polar surface area (TPSA) is 78.0 Å². The van der Waals surface area contributed by atoms with Crippen molar-refractivity contribution >= 4 is 17.4 Å². The monoisotopic (exact) mass is 408 g/mol. The highest BCUT2D eigenvalue weighted by Crippen LogP contribution is 2.49. The van der Waals surface area contributed by atoms with E-state index in [2.05, 4.69) is 4.98 Å². The molecule has 7 heteroatoms. The van der Waals surface area contributed by atoms with Crippen LogP contribution in [0.15, 0.2) is 47.9 Å². The summed E-state index contributed by atoms with van der Waals surface area (Å²) in [5, 5.41) is 0. The summed E-state index contributed by atoms with van der Waals surface area (Å²) in [5.41, 5.74) is 2.87. The van der Waals surface area contributed by atoms with Gasteiger partial charge in [-0.1, -0.05) is 6.07 Å². The Morgan fingerprint density at radius 2 is 1.80 bits per heavy atom. The molecule has 1 aromatic heterocycles. The molecule has 2 aromatic rings. The summed E-state index contributed by atoms with van der Waals surface area (Å²) in [4.78, 5) is 32.1. The minimum absolute atomic E-state index is 0.0690. The lowest BCUT2D eigenvalue weighted by Gasteiger charge is -2.38. The van der Waals surface area contributed by atoms with E-state index in [1.165, 1.54) is 7.11 Å². The average molecular weight is 408 g/mol. The second-order valence-corrected chi connectivity index (χ2v) is 7.26. The molecule has 1 atom stereocenters. The Labute approximate surface area is 175 Å². The Hall–Kier alpha value is -3.35. The van der Waals surface area contributed by atoms with Crippen LogP contribution in [0.5, 0.6) is 17.2 Å². The summed E-state index contributed by atoms with van der Waals surface area (Å²) in [7, 11) is 4.64. The van der Waals surface area contributed by atoms with Gasteiger partial charge in [-0.05, 0) is 31.0 Å².